The van der Waals surface area contributed by atoms with Crippen LogP contribution in [0.5, 0.6) is 0 Å². The lowest BCUT2D eigenvalue weighted by atomic mass is 9.98. The maximum absolute atomic E-state index is 13.6. The van der Waals surface area contributed by atoms with Crippen molar-refractivity contribution in [3.63, 3.8) is 0 Å². The van der Waals surface area contributed by atoms with Gasteiger partial charge in [-0.05, 0) is 66.8 Å². The van der Waals surface area contributed by atoms with Crippen LogP contribution >= 0.6 is 23.1 Å². The number of anilines is 3. The minimum Gasteiger partial charge on any atom is -0.478 e. The van der Waals surface area contributed by atoms with Crippen molar-refractivity contribution in [3.05, 3.63) is 118 Å². The van der Waals surface area contributed by atoms with E-state index in [0.29, 0.717) is 39.0 Å². The SMILES string of the molecule is CCC(Sc1cccc(NC(=O)c2cccc3cccc(C(=O)O)c23)c1)C(=O)Nc1sc(C(=O)Nc2ccccc2)c(C)c1C(=O)OC. The summed E-state index contributed by atoms with van der Waals surface area (Å²) >= 11 is 2.26. The van der Waals surface area contributed by atoms with E-state index in [-0.39, 0.29) is 32.5 Å². The molecule has 4 N–H and O–H groups in total. The second kappa shape index (κ2) is 15.0. The molecule has 0 radical (unpaired) electrons. The van der Waals surface area contributed by atoms with E-state index in [4.69, 9.17) is 4.74 Å². The first-order valence-electron chi connectivity index (χ1n) is 14.8. The molecule has 1 aromatic heterocycles. The molecule has 0 fully saturated rings. The zero-order valence-corrected chi connectivity index (χ0v) is 27.8. The number of carbonyl (C=O) groups is 5. The van der Waals surface area contributed by atoms with Crippen LogP contribution in [-0.2, 0) is 9.53 Å². The maximum Gasteiger partial charge on any atom is 0.341 e. The number of ether oxygens (including phenoxy) is 1. The Morgan fingerprint density at radius 1 is 0.812 bits per heavy atom. The van der Waals surface area contributed by atoms with E-state index >= 15 is 0 Å². The molecule has 5 aromatic rings. The molecular formula is C36H31N3O7S2. The third kappa shape index (κ3) is 7.40. The summed E-state index contributed by atoms with van der Waals surface area (Å²) in [5.41, 5.74) is 1.79. The molecule has 0 aliphatic rings. The lowest BCUT2D eigenvalue weighted by molar-refractivity contribution is -0.115. The summed E-state index contributed by atoms with van der Waals surface area (Å²) in [4.78, 5) is 65.6. The molecule has 5 rings (SSSR count). The van der Waals surface area contributed by atoms with Crippen molar-refractivity contribution in [1.29, 1.82) is 0 Å². The highest BCUT2D eigenvalue weighted by Gasteiger charge is 2.28. The van der Waals surface area contributed by atoms with Gasteiger partial charge in [-0.25, -0.2) is 9.59 Å². The number of amides is 3. The van der Waals surface area contributed by atoms with Gasteiger partial charge in [0.25, 0.3) is 11.8 Å². The van der Waals surface area contributed by atoms with Crippen LogP contribution in [0.3, 0.4) is 0 Å². The lowest BCUT2D eigenvalue weighted by Crippen LogP contribution is -2.25. The average molecular weight is 682 g/mol. The van der Waals surface area contributed by atoms with Crippen LogP contribution < -0.4 is 16.0 Å². The first kappa shape index (κ1) is 33.9. The lowest BCUT2D eigenvalue weighted by Gasteiger charge is -2.16. The monoisotopic (exact) mass is 681 g/mol. The van der Waals surface area contributed by atoms with Crippen molar-refractivity contribution < 1.29 is 33.8 Å². The van der Waals surface area contributed by atoms with Crippen LogP contribution in [-0.4, -0.2) is 47.1 Å². The number of para-hydroxylation sites is 1. The van der Waals surface area contributed by atoms with Gasteiger partial charge in [-0.15, -0.1) is 23.1 Å². The Labute approximate surface area is 284 Å². The van der Waals surface area contributed by atoms with Crippen molar-refractivity contribution in [2.45, 2.75) is 30.4 Å². The molecule has 244 valence electrons. The summed E-state index contributed by atoms with van der Waals surface area (Å²) in [6.07, 6.45) is 0.431. The summed E-state index contributed by atoms with van der Waals surface area (Å²) in [6.45, 7) is 3.48. The standard InChI is InChI=1S/C36H31N3O7S2/c1-4-27(32(41)39-34-28(36(45)46-3)20(2)30(48-34)33(42)37-22-13-6-5-7-14-22)47-24-16-10-15-23(19-24)38-31(40)25-17-8-11-21-12-9-18-26(29(21)25)35(43)44/h5-19,27H,4H2,1-3H3,(H,37,42)(H,38,40)(H,39,41)(H,43,44). The number of rotatable bonds is 11. The van der Waals surface area contributed by atoms with Gasteiger partial charge in [0.2, 0.25) is 5.91 Å². The van der Waals surface area contributed by atoms with Gasteiger partial charge < -0.3 is 25.8 Å². The minimum absolute atomic E-state index is 0.0274. The molecule has 0 bridgehead atoms. The number of fused-ring (bicyclic) bond motifs is 1. The van der Waals surface area contributed by atoms with E-state index < -0.39 is 29.0 Å². The quantitative estimate of drug-likeness (QED) is 0.0818. The molecule has 12 heteroatoms. The predicted molar refractivity (Wildman–Crippen MR) is 189 cm³/mol. The van der Waals surface area contributed by atoms with E-state index in [0.717, 1.165) is 11.3 Å². The molecule has 0 saturated heterocycles. The Morgan fingerprint density at radius 2 is 1.46 bits per heavy atom. The molecule has 1 unspecified atom stereocenters. The van der Waals surface area contributed by atoms with Gasteiger partial charge in [-0.3, -0.25) is 14.4 Å². The summed E-state index contributed by atoms with van der Waals surface area (Å²) in [7, 11) is 1.23. The van der Waals surface area contributed by atoms with Crippen molar-refractivity contribution in [1.82, 2.24) is 0 Å². The molecule has 0 saturated carbocycles. The topological polar surface area (TPSA) is 151 Å². The van der Waals surface area contributed by atoms with E-state index in [2.05, 4.69) is 16.0 Å². The molecule has 0 aliphatic carbocycles. The Hall–Kier alpha value is -5.46. The number of methoxy groups -OCH3 is 1. The zero-order chi connectivity index (χ0) is 34.4. The minimum atomic E-state index is -1.13. The van der Waals surface area contributed by atoms with E-state index in [9.17, 15) is 29.1 Å². The van der Waals surface area contributed by atoms with Crippen LogP contribution in [0.4, 0.5) is 16.4 Å². The number of hydrogen-bond donors (Lipinski definition) is 4. The Bertz CT molecular complexity index is 2040. The first-order chi connectivity index (χ1) is 23.1. The van der Waals surface area contributed by atoms with Gasteiger partial charge >= 0.3 is 11.9 Å². The fourth-order valence-electron chi connectivity index (χ4n) is 5.11. The molecule has 0 aliphatic heterocycles. The second-order valence-corrected chi connectivity index (χ2v) is 12.9. The summed E-state index contributed by atoms with van der Waals surface area (Å²) in [5, 5.41) is 18.8. The van der Waals surface area contributed by atoms with Crippen molar-refractivity contribution in [2.24, 2.45) is 0 Å². The van der Waals surface area contributed by atoms with Crippen LogP contribution in [0.15, 0.2) is 95.9 Å². The largest absolute Gasteiger partial charge is 0.478 e. The fourth-order valence-corrected chi connectivity index (χ4v) is 7.21. The van der Waals surface area contributed by atoms with E-state index in [1.54, 1.807) is 85.8 Å². The molecule has 48 heavy (non-hydrogen) atoms. The second-order valence-electron chi connectivity index (χ2n) is 10.6. The van der Waals surface area contributed by atoms with E-state index in [1.165, 1.54) is 24.9 Å². The zero-order valence-electron chi connectivity index (χ0n) is 26.2. The van der Waals surface area contributed by atoms with Crippen molar-refractivity contribution >= 4 is 79.9 Å². The third-order valence-electron chi connectivity index (χ3n) is 7.42. The van der Waals surface area contributed by atoms with Gasteiger partial charge in [0.15, 0.2) is 0 Å². The van der Waals surface area contributed by atoms with E-state index in [1.807, 2.05) is 13.0 Å². The Morgan fingerprint density at radius 3 is 2.12 bits per heavy atom. The van der Waals surface area contributed by atoms with Crippen LogP contribution in [0.2, 0.25) is 0 Å². The highest BCUT2D eigenvalue weighted by Crippen LogP contribution is 2.36. The number of carboxylic acid groups (broad SMARTS) is 1. The first-order valence-corrected chi connectivity index (χ1v) is 16.5. The fraction of sp³-hybridized carbons (Fsp3) is 0.139. The number of thioether (sulfide) groups is 1. The summed E-state index contributed by atoms with van der Waals surface area (Å²) in [6, 6.07) is 25.7. The number of carbonyl (C=O) groups excluding carboxylic acids is 4. The molecular weight excluding hydrogens is 651 g/mol. The van der Waals surface area contributed by atoms with Gasteiger partial charge in [0.1, 0.15) is 5.00 Å². The average Bonchev–Trinajstić information content (AvgIpc) is 3.41. The van der Waals surface area contributed by atoms with Gasteiger partial charge in [-0.2, -0.15) is 0 Å². The van der Waals surface area contributed by atoms with Crippen molar-refractivity contribution in [2.75, 3.05) is 23.1 Å². The number of nitrogens with one attached hydrogen (secondary N) is 3. The third-order valence-corrected chi connectivity index (χ3v) is 9.99. The Kier molecular flexibility index (Phi) is 10.6. The summed E-state index contributed by atoms with van der Waals surface area (Å²) < 4.78 is 4.97. The number of aromatic carboxylic acids is 1. The van der Waals surface area contributed by atoms with Crippen LogP contribution in [0, 0.1) is 6.92 Å². The molecule has 3 amide bonds. The van der Waals surface area contributed by atoms with Crippen LogP contribution in [0.1, 0.15) is 59.7 Å². The maximum atomic E-state index is 13.6. The normalized spacial score (nSPS) is 11.4. The predicted octanol–water partition coefficient (Wildman–Crippen LogP) is 7.71. The smallest absolute Gasteiger partial charge is 0.341 e. The van der Waals surface area contributed by atoms with Gasteiger partial charge in [0, 0.05) is 27.2 Å². The Balaban J connectivity index is 1.33. The highest BCUT2D eigenvalue weighted by atomic mass is 32.2. The molecule has 1 atom stereocenters. The number of benzene rings is 4. The summed E-state index contributed by atoms with van der Waals surface area (Å²) in [5.74, 6) is -3.08. The molecule has 0 spiro atoms. The van der Waals surface area contributed by atoms with Crippen molar-refractivity contribution in [3.8, 4) is 0 Å². The highest BCUT2D eigenvalue weighted by molar-refractivity contribution is 8.00. The molecule has 1 heterocycles. The molecule has 10 nitrogen and oxygen atoms in total. The van der Waals surface area contributed by atoms with Gasteiger partial charge in [0.05, 0.1) is 28.4 Å². The molecule has 4 aromatic carbocycles. The number of thiophene rings is 1. The number of hydrogen-bond acceptors (Lipinski definition) is 8. The van der Waals surface area contributed by atoms with Gasteiger partial charge in [-0.1, -0.05) is 55.5 Å². The van der Waals surface area contributed by atoms with Crippen LogP contribution in [0.25, 0.3) is 10.8 Å². The number of esters is 1. The number of carboxylic acids is 1.